The predicted molar refractivity (Wildman–Crippen MR) is 95.8 cm³/mol. The molecule has 3 nitrogen and oxygen atoms in total. The van der Waals surface area contributed by atoms with Crippen LogP contribution in [0.5, 0.6) is 0 Å². The normalized spacial score (nSPS) is 16.1. The van der Waals surface area contributed by atoms with E-state index in [1.54, 1.807) is 0 Å². The molecule has 1 N–H and O–H groups in total. The molecule has 0 bridgehead atoms. The van der Waals surface area contributed by atoms with E-state index in [4.69, 9.17) is 4.98 Å². The van der Waals surface area contributed by atoms with E-state index in [0.717, 1.165) is 37.3 Å². The average Bonchev–Trinajstić information content (AvgIpc) is 2.97. The highest BCUT2D eigenvalue weighted by molar-refractivity contribution is 5.81. The summed E-state index contributed by atoms with van der Waals surface area (Å²) in [5.74, 6) is 1.11. The lowest BCUT2D eigenvalue weighted by molar-refractivity contribution is 0.377. The van der Waals surface area contributed by atoms with Crippen molar-refractivity contribution in [2.75, 3.05) is 13.1 Å². The van der Waals surface area contributed by atoms with Crippen LogP contribution >= 0.6 is 0 Å². The van der Waals surface area contributed by atoms with Gasteiger partial charge in [0.25, 0.3) is 0 Å². The average molecular weight is 305 g/mol. The van der Waals surface area contributed by atoms with Gasteiger partial charge in [-0.05, 0) is 69.1 Å². The molecule has 0 saturated carbocycles. The Balaban J connectivity index is 1.92. The van der Waals surface area contributed by atoms with Gasteiger partial charge in [0.1, 0.15) is 5.82 Å². The first-order valence-electron chi connectivity index (χ1n) is 8.49. The molecule has 1 fully saturated rings. The molecule has 118 valence electrons. The van der Waals surface area contributed by atoms with E-state index in [9.17, 15) is 0 Å². The second-order valence-electron chi connectivity index (χ2n) is 6.57. The fourth-order valence-electron chi connectivity index (χ4n) is 3.56. The number of rotatable bonds is 2. The van der Waals surface area contributed by atoms with Crippen LogP contribution in [0, 0.1) is 13.8 Å². The van der Waals surface area contributed by atoms with Crippen molar-refractivity contribution in [1.29, 1.82) is 0 Å². The van der Waals surface area contributed by atoms with Crippen LogP contribution in [0.2, 0.25) is 0 Å². The molecule has 3 aromatic rings. The second kappa shape index (κ2) is 5.82. The molecular formula is C20H23N3. The zero-order valence-corrected chi connectivity index (χ0v) is 13.8. The monoisotopic (exact) mass is 305 g/mol. The summed E-state index contributed by atoms with van der Waals surface area (Å²) in [7, 11) is 0. The van der Waals surface area contributed by atoms with Crippen molar-refractivity contribution < 1.29 is 0 Å². The maximum Gasteiger partial charge on any atom is 0.141 e. The number of imidazole rings is 1. The lowest BCUT2D eigenvalue weighted by atomic mass is 10.0. The van der Waals surface area contributed by atoms with Crippen molar-refractivity contribution in [3.63, 3.8) is 0 Å². The Hall–Kier alpha value is -2.13. The predicted octanol–water partition coefficient (Wildman–Crippen LogP) is 4.24. The summed E-state index contributed by atoms with van der Waals surface area (Å²) in [5, 5.41) is 3.47. The fourth-order valence-corrected chi connectivity index (χ4v) is 3.56. The molecule has 3 heteroatoms. The number of para-hydroxylation sites is 2. The number of benzene rings is 2. The quantitative estimate of drug-likeness (QED) is 0.767. The lowest BCUT2D eigenvalue weighted by Gasteiger charge is -2.26. The van der Waals surface area contributed by atoms with E-state index in [-0.39, 0.29) is 0 Å². The Labute approximate surface area is 137 Å². The standard InChI is InChI=1S/C20H23N3/c1-14-7-8-16(13-15(14)2)20-22-18-5-3-4-6-19(18)23(20)17-9-11-21-12-10-17/h3-8,13,17,21H,9-12H2,1-2H3. The van der Waals surface area contributed by atoms with Crippen LogP contribution in [0.1, 0.15) is 30.0 Å². The molecule has 0 aliphatic carbocycles. The Kier molecular flexibility index (Phi) is 3.66. The molecule has 23 heavy (non-hydrogen) atoms. The number of aromatic nitrogens is 2. The van der Waals surface area contributed by atoms with E-state index in [1.165, 1.54) is 22.2 Å². The highest BCUT2D eigenvalue weighted by Crippen LogP contribution is 2.32. The van der Waals surface area contributed by atoms with Crippen LogP contribution in [-0.2, 0) is 0 Å². The Morgan fingerprint density at radius 2 is 1.78 bits per heavy atom. The van der Waals surface area contributed by atoms with Gasteiger partial charge in [0.05, 0.1) is 11.0 Å². The molecule has 4 rings (SSSR count). The molecule has 2 heterocycles. The maximum absolute atomic E-state index is 4.97. The van der Waals surface area contributed by atoms with E-state index < -0.39 is 0 Å². The van der Waals surface area contributed by atoms with Gasteiger partial charge in [-0.1, -0.05) is 24.3 Å². The van der Waals surface area contributed by atoms with Crippen molar-refractivity contribution in [2.24, 2.45) is 0 Å². The highest BCUT2D eigenvalue weighted by atomic mass is 15.1. The number of fused-ring (bicyclic) bond motifs is 1. The molecule has 1 aromatic heterocycles. The van der Waals surface area contributed by atoms with E-state index in [2.05, 4.69) is 66.2 Å². The zero-order valence-electron chi connectivity index (χ0n) is 13.8. The van der Waals surface area contributed by atoms with E-state index in [1.807, 2.05) is 0 Å². The van der Waals surface area contributed by atoms with Gasteiger partial charge in [-0.25, -0.2) is 4.98 Å². The summed E-state index contributed by atoms with van der Waals surface area (Å²) in [6.45, 7) is 6.51. The first kappa shape index (κ1) is 14.5. The van der Waals surface area contributed by atoms with Crippen LogP contribution in [0.15, 0.2) is 42.5 Å². The maximum atomic E-state index is 4.97. The van der Waals surface area contributed by atoms with Gasteiger partial charge in [-0.2, -0.15) is 0 Å². The van der Waals surface area contributed by atoms with E-state index in [0.29, 0.717) is 6.04 Å². The third-order valence-electron chi connectivity index (χ3n) is 5.03. The highest BCUT2D eigenvalue weighted by Gasteiger charge is 2.22. The number of aryl methyl sites for hydroxylation is 2. The number of hydrogen-bond acceptors (Lipinski definition) is 2. The molecule has 0 atom stereocenters. The minimum Gasteiger partial charge on any atom is -0.321 e. The third kappa shape index (κ3) is 2.55. The topological polar surface area (TPSA) is 29.9 Å². The van der Waals surface area contributed by atoms with Gasteiger partial charge in [-0.15, -0.1) is 0 Å². The van der Waals surface area contributed by atoms with Gasteiger partial charge in [-0.3, -0.25) is 0 Å². The SMILES string of the molecule is Cc1ccc(-c2nc3ccccc3n2C2CCNCC2)cc1C. The number of hydrogen-bond donors (Lipinski definition) is 1. The molecule has 1 saturated heterocycles. The smallest absolute Gasteiger partial charge is 0.141 e. The van der Waals surface area contributed by atoms with Crippen LogP contribution in [0.25, 0.3) is 22.4 Å². The first-order chi connectivity index (χ1) is 11.2. The lowest BCUT2D eigenvalue weighted by Crippen LogP contribution is -2.29. The summed E-state index contributed by atoms with van der Waals surface area (Å²) in [4.78, 5) is 4.97. The molecular weight excluding hydrogens is 282 g/mol. The van der Waals surface area contributed by atoms with Crippen molar-refractivity contribution in [3.8, 4) is 11.4 Å². The van der Waals surface area contributed by atoms with Gasteiger partial charge in [0, 0.05) is 11.6 Å². The number of nitrogens with one attached hydrogen (secondary N) is 1. The molecule has 0 unspecified atom stereocenters. The van der Waals surface area contributed by atoms with Crippen LogP contribution < -0.4 is 5.32 Å². The molecule has 1 aliphatic rings. The molecule has 0 spiro atoms. The molecule has 0 radical (unpaired) electrons. The van der Waals surface area contributed by atoms with Crippen LogP contribution in [0.3, 0.4) is 0 Å². The van der Waals surface area contributed by atoms with Gasteiger partial charge >= 0.3 is 0 Å². The van der Waals surface area contributed by atoms with Gasteiger partial charge in [0.15, 0.2) is 0 Å². The summed E-state index contributed by atoms with van der Waals surface area (Å²) in [5.41, 5.74) is 6.24. The van der Waals surface area contributed by atoms with Crippen LogP contribution in [0.4, 0.5) is 0 Å². The molecule has 0 amide bonds. The summed E-state index contributed by atoms with van der Waals surface area (Å²) < 4.78 is 2.47. The number of piperidine rings is 1. The Bertz CT molecular complexity index is 841. The summed E-state index contributed by atoms with van der Waals surface area (Å²) >= 11 is 0. The minimum atomic E-state index is 0.528. The minimum absolute atomic E-state index is 0.528. The Morgan fingerprint density at radius 3 is 2.57 bits per heavy atom. The third-order valence-corrected chi connectivity index (χ3v) is 5.03. The van der Waals surface area contributed by atoms with Crippen molar-refractivity contribution in [1.82, 2.24) is 14.9 Å². The second-order valence-corrected chi connectivity index (χ2v) is 6.57. The zero-order chi connectivity index (χ0) is 15.8. The van der Waals surface area contributed by atoms with Crippen LogP contribution in [-0.4, -0.2) is 22.6 Å². The molecule has 1 aliphatic heterocycles. The van der Waals surface area contributed by atoms with Gasteiger partial charge in [0.2, 0.25) is 0 Å². The fraction of sp³-hybridized carbons (Fsp3) is 0.350. The Morgan fingerprint density at radius 1 is 1.00 bits per heavy atom. The van der Waals surface area contributed by atoms with Crippen molar-refractivity contribution in [2.45, 2.75) is 32.7 Å². The van der Waals surface area contributed by atoms with Gasteiger partial charge < -0.3 is 9.88 Å². The first-order valence-corrected chi connectivity index (χ1v) is 8.49. The van der Waals surface area contributed by atoms with Crippen molar-refractivity contribution >= 4 is 11.0 Å². The summed E-state index contributed by atoms with van der Waals surface area (Å²) in [6, 6.07) is 15.7. The van der Waals surface area contributed by atoms with E-state index >= 15 is 0 Å². The number of nitrogens with zero attached hydrogens (tertiary/aromatic N) is 2. The van der Waals surface area contributed by atoms with Crippen molar-refractivity contribution in [3.05, 3.63) is 53.6 Å². The molecule has 2 aromatic carbocycles. The summed E-state index contributed by atoms with van der Waals surface area (Å²) in [6.07, 6.45) is 2.33. The largest absolute Gasteiger partial charge is 0.321 e.